The van der Waals surface area contributed by atoms with E-state index in [9.17, 15) is 4.79 Å². The van der Waals surface area contributed by atoms with Crippen molar-refractivity contribution in [2.24, 2.45) is 17.8 Å². The summed E-state index contributed by atoms with van der Waals surface area (Å²) >= 11 is 13.4. The Morgan fingerprint density at radius 3 is 2.73 bits per heavy atom. The van der Waals surface area contributed by atoms with Gasteiger partial charge in [0.2, 0.25) is 0 Å². The zero-order valence-corrected chi connectivity index (χ0v) is 22.3. The van der Waals surface area contributed by atoms with Crippen molar-refractivity contribution >= 4 is 57.4 Å². The highest BCUT2D eigenvalue weighted by Gasteiger charge is 2.48. The van der Waals surface area contributed by atoms with Crippen LogP contribution in [0.25, 0.3) is 33.0 Å². The fourth-order valence-corrected chi connectivity index (χ4v) is 7.02. The molecule has 37 heavy (non-hydrogen) atoms. The Morgan fingerprint density at radius 2 is 2.00 bits per heavy atom. The molecular weight excluding hydrogens is 536 g/mol. The minimum atomic E-state index is -0.486. The van der Waals surface area contributed by atoms with Gasteiger partial charge in [-0.15, -0.1) is 11.3 Å². The number of H-pyrrole nitrogens is 1. The van der Waals surface area contributed by atoms with E-state index in [1.807, 2.05) is 6.92 Å². The molecule has 3 saturated carbocycles. The predicted octanol–water partition coefficient (Wildman–Crippen LogP) is 6.97. The van der Waals surface area contributed by atoms with Crippen LogP contribution < -0.4 is 5.32 Å². The molecule has 2 bridgehead atoms. The number of nitrogens with one attached hydrogen (secondary N) is 2. The lowest BCUT2D eigenvalue weighted by Gasteiger charge is -2.47. The number of aromatic amines is 1. The van der Waals surface area contributed by atoms with E-state index in [4.69, 9.17) is 27.9 Å². The van der Waals surface area contributed by atoms with Crippen LogP contribution >= 0.6 is 34.5 Å². The first-order valence-electron chi connectivity index (χ1n) is 12.3. The van der Waals surface area contributed by atoms with E-state index >= 15 is 4.39 Å². The first kappa shape index (κ1) is 24.6. The monoisotopic (exact) mass is 559 g/mol. The van der Waals surface area contributed by atoms with E-state index in [-0.39, 0.29) is 46.3 Å². The summed E-state index contributed by atoms with van der Waals surface area (Å²) < 4.78 is 22.1. The number of anilines is 1. The summed E-state index contributed by atoms with van der Waals surface area (Å²) in [5.74, 6) is -0.520. The molecule has 0 saturated heterocycles. The third-order valence-electron chi connectivity index (χ3n) is 7.49. The van der Waals surface area contributed by atoms with Crippen LogP contribution in [0.2, 0.25) is 9.49 Å². The number of aromatic nitrogens is 4. The van der Waals surface area contributed by atoms with Gasteiger partial charge in [-0.25, -0.2) is 19.3 Å². The number of esters is 1. The van der Waals surface area contributed by atoms with E-state index < -0.39 is 5.82 Å². The number of hydrogen-bond donors (Lipinski definition) is 2. The summed E-state index contributed by atoms with van der Waals surface area (Å²) in [6.45, 7) is 2.13. The number of ether oxygens (including phenoxy) is 1. The number of pyridine rings is 1. The van der Waals surface area contributed by atoms with Crippen LogP contribution in [0.1, 0.15) is 32.6 Å². The average Bonchev–Trinajstić information content (AvgIpc) is 3.52. The van der Waals surface area contributed by atoms with E-state index in [0.717, 1.165) is 25.7 Å². The van der Waals surface area contributed by atoms with Crippen molar-refractivity contribution in [3.63, 3.8) is 0 Å². The fraction of sp³-hybridized carbons (Fsp3) is 0.385. The lowest BCUT2D eigenvalue weighted by molar-refractivity contribution is -0.154. The van der Waals surface area contributed by atoms with E-state index in [1.165, 1.54) is 17.5 Å². The molecular formula is C26H24Cl2FN5O2S. The van der Waals surface area contributed by atoms with Gasteiger partial charge >= 0.3 is 5.97 Å². The Bertz CT molecular complexity index is 1480. The fourth-order valence-electron chi connectivity index (χ4n) is 5.86. The molecule has 3 fully saturated rings. The maximum atomic E-state index is 16.1. The van der Waals surface area contributed by atoms with E-state index in [1.54, 1.807) is 24.4 Å². The average molecular weight is 560 g/mol. The summed E-state index contributed by atoms with van der Waals surface area (Å²) in [5, 5.41) is 3.70. The minimum Gasteiger partial charge on any atom is -0.466 e. The Hall–Kier alpha value is -2.75. The SMILES string of the molecule is CCOC(=O)[C@H]1C2CCC(CC2)[C@@H]1Nc1cc(-c2c[nH]c3nc(Cl)cnc23)nc(-c2ccc(Cl)s2)c1F. The molecule has 0 amide bonds. The molecule has 2 N–H and O–H groups in total. The Labute approximate surface area is 226 Å². The second-order valence-electron chi connectivity index (χ2n) is 9.54. The Kier molecular flexibility index (Phi) is 6.54. The van der Waals surface area contributed by atoms with Crippen LogP contribution in [-0.2, 0) is 9.53 Å². The van der Waals surface area contributed by atoms with E-state index in [0.29, 0.717) is 38.2 Å². The quantitative estimate of drug-likeness (QED) is 0.248. The summed E-state index contributed by atoms with van der Waals surface area (Å²) in [5.41, 5.74) is 2.73. The van der Waals surface area contributed by atoms with Gasteiger partial charge in [0, 0.05) is 17.8 Å². The normalized spacial score (nSPS) is 22.9. The van der Waals surface area contributed by atoms with Gasteiger partial charge in [-0.1, -0.05) is 23.2 Å². The first-order valence-corrected chi connectivity index (χ1v) is 13.9. The highest BCUT2D eigenvalue weighted by atomic mass is 35.5. The second kappa shape index (κ2) is 9.85. The van der Waals surface area contributed by atoms with Crippen molar-refractivity contribution in [3.05, 3.63) is 45.9 Å². The van der Waals surface area contributed by atoms with Gasteiger partial charge in [0.1, 0.15) is 16.4 Å². The van der Waals surface area contributed by atoms with Gasteiger partial charge in [0.15, 0.2) is 11.5 Å². The van der Waals surface area contributed by atoms with Crippen molar-refractivity contribution in [2.75, 3.05) is 11.9 Å². The van der Waals surface area contributed by atoms with Crippen LogP contribution in [0.5, 0.6) is 0 Å². The van der Waals surface area contributed by atoms with Crippen LogP contribution in [0, 0.1) is 23.6 Å². The number of thiophene rings is 1. The molecule has 4 aromatic heterocycles. The molecule has 11 heteroatoms. The smallest absolute Gasteiger partial charge is 0.311 e. The van der Waals surface area contributed by atoms with Crippen molar-refractivity contribution in [1.82, 2.24) is 19.9 Å². The third-order valence-corrected chi connectivity index (χ3v) is 8.91. The van der Waals surface area contributed by atoms with Crippen LogP contribution in [0.3, 0.4) is 0 Å². The van der Waals surface area contributed by atoms with Gasteiger partial charge < -0.3 is 15.0 Å². The van der Waals surface area contributed by atoms with Gasteiger partial charge in [-0.2, -0.15) is 0 Å². The number of halogens is 3. The second-order valence-corrected chi connectivity index (χ2v) is 11.6. The largest absolute Gasteiger partial charge is 0.466 e. The molecule has 0 aromatic carbocycles. The maximum absolute atomic E-state index is 16.1. The molecule has 0 aliphatic heterocycles. The zero-order valence-electron chi connectivity index (χ0n) is 19.9. The summed E-state index contributed by atoms with van der Waals surface area (Å²) in [4.78, 5) is 30.0. The van der Waals surface area contributed by atoms with Crippen LogP contribution in [0.4, 0.5) is 10.1 Å². The lowest BCUT2D eigenvalue weighted by atomic mass is 9.61. The molecule has 0 unspecified atom stereocenters. The molecule has 7 nitrogen and oxygen atoms in total. The Morgan fingerprint density at radius 1 is 1.22 bits per heavy atom. The highest BCUT2D eigenvalue weighted by Crippen LogP contribution is 2.47. The number of nitrogens with zero attached hydrogens (tertiary/aromatic N) is 3. The number of fused-ring (bicyclic) bond motifs is 4. The Balaban J connectivity index is 1.47. The van der Waals surface area contributed by atoms with Crippen molar-refractivity contribution in [3.8, 4) is 21.8 Å². The van der Waals surface area contributed by atoms with Crippen molar-refractivity contribution in [2.45, 2.75) is 38.6 Å². The molecule has 3 aliphatic rings. The maximum Gasteiger partial charge on any atom is 0.311 e. The molecule has 4 heterocycles. The highest BCUT2D eigenvalue weighted by molar-refractivity contribution is 7.19. The molecule has 3 aliphatic carbocycles. The van der Waals surface area contributed by atoms with Crippen LogP contribution in [0.15, 0.2) is 30.6 Å². The lowest BCUT2D eigenvalue weighted by Crippen LogP contribution is -2.52. The topological polar surface area (TPSA) is 92.8 Å². The summed E-state index contributed by atoms with van der Waals surface area (Å²) in [7, 11) is 0. The number of carbonyl (C=O) groups excluding carboxylic acids is 1. The van der Waals surface area contributed by atoms with Crippen molar-refractivity contribution < 1.29 is 13.9 Å². The summed E-state index contributed by atoms with van der Waals surface area (Å²) in [6.07, 6.45) is 7.19. The third kappa shape index (κ3) is 4.47. The number of rotatable bonds is 6. The molecule has 0 radical (unpaired) electrons. The standard InChI is InChI=1S/C26H24Cl2FN5O2S/c1-2-36-26(35)20-12-3-5-13(6-4-12)22(20)33-16-9-15(14-10-31-25-23(14)30-11-18(27)34-25)32-24(21(16)29)17-7-8-19(28)37-17/h7-13,20,22H,2-6H2,1H3,(H,31,34)(H,32,33)/t12?,13?,20-,22-/m0/s1. The van der Waals surface area contributed by atoms with E-state index in [2.05, 4.69) is 25.3 Å². The van der Waals surface area contributed by atoms with Gasteiger partial charge in [0.05, 0.1) is 39.3 Å². The number of carbonyl (C=O) groups is 1. The zero-order chi connectivity index (χ0) is 25.7. The van der Waals surface area contributed by atoms with Gasteiger partial charge in [0.25, 0.3) is 0 Å². The minimum absolute atomic E-state index is 0.182. The van der Waals surface area contributed by atoms with Gasteiger partial charge in [-0.3, -0.25) is 4.79 Å². The number of hydrogen-bond acceptors (Lipinski definition) is 7. The molecule has 7 rings (SSSR count). The van der Waals surface area contributed by atoms with Crippen molar-refractivity contribution in [1.29, 1.82) is 0 Å². The molecule has 4 aromatic rings. The summed E-state index contributed by atoms with van der Waals surface area (Å²) in [6, 6.07) is 4.93. The van der Waals surface area contributed by atoms with Crippen LogP contribution in [-0.4, -0.2) is 38.6 Å². The molecule has 2 atom stereocenters. The van der Waals surface area contributed by atoms with Gasteiger partial charge in [-0.05, 0) is 62.6 Å². The molecule has 0 spiro atoms. The predicted molar refractivity (Wildman–Crippen MR) is 143 cm³/mol. The molecule has 192 valence electrons. The first-order chi connectivity index (χ1) is 17.9.